The summed E-state index contributed by atoms with van der Waals surface area (Å²) in [6, 6.07) is 19.9. The van der Waals surface area contributed by atoms with Gasteiger partial charge < -0.3 is 10.1 Å². The summed E-state index contributed by atoms with van der Waals surface area (Å²) in [5.41, 5.74) is 1.85. The molecule has 0 aromatic heterocycles. The van der Waals surface area contributed by atoms with Gasteiger partial charge in [0, 0.05) is 10.7 Å². The van der Waals surface area contributed by atoms with Crippen molar-refractivity contribution in [1.82, 2.24) is 0 Å². The Labute approximate surface area is 193 Å². The number of hydrogen-bond acceptors (Lipinski definition) is 4. The van der Waals surface area contributed by atoms with E-state index in [1.54, 1.807) is 25.1 Å². The molecule has 0 radical (unpaired) electrons. The highest BCUT2D eigenvalue weighted by Gasteiger charge is 2.19. The van der Waals surface area contributed by atoms with E-state index in [1.165, 1.54) is 30.3 Å². The average molecular weight is 473 g/mol. The van der Waals surface area contributed by atoms with Crippen LogP contribution in [0.4, 0.5) is 11.4 Å². The van der Waals surface area contributed by atoms with Gasteiger partial charge in [-0.2, -0.15) is 0 Å². The van der Waals surface area contributed by atoms with Crippen LogP contribution in [0.5, 0.6) is 5.75 Å². The minimum absolute atomic E-state index is 0.0608. The molecule has 3 rings (SSSR count). The topological polar surface area (TPSA) is 84.5 Å². The number of hydrogen-bond donors (Lipinski definition) is 2. The lowest BCUT2D eigenvalue weighted by Crippen LogP contribution is -2.30. The van der Waals surface area contributed by atoms with Crippen molar-refractivity contribution in [3.8, 4) is 5.75 Å². The molecule has 3 aromatic carbocycles. The second kappa shape index (κ2) is 10.1. The van der Waals surface area contributed by atoms with E-state index in [4.69, 9.17) is 16.3 Å². The van der Waals surface area contributed by atoms with Crippen molar-refractivity contribution in [2.24, 2.45) is 0 Å². The highest BCUT2D eigenvalue weighted by atomic mass is 35.5. The number of anilines is 2. The second-order valence-corrected chi connectivity index (χ2v) is 9.70. The van der Waals surface area contributed by atoms with Crippen LogP contribution < -0.4 is 14.8 Å². The maximum atomic E-state index is 12.6. The predicted molar refractivity (Wildman–Crippen MR) is 128 cm³/mol. The molecule has 1 atom stereocenters. The Morgan fingerprint density at radius 3 is 2.25 bits per heavy atom. The Bertz CT molecular complexity index is 1190. The third kappa shape index (κ3) is 6.02. The molecular weight excluding hydrogens is 448 g/mol. The highest BCUT2D eigenvalue weighted by molar-refractivity contribution is 7.92. The summed E-state index contributed by atoms with van der Waals surface area (Å²) in [5, 5.41) is 3.18. The maximum absolute atomic E-state index is 12.6. The third-order valence-electron chi connectivity index (χ3n) is 4.72. The molecule has 0 spiro atoms. The van der Waals surface area contributed by atoms with Gasteiger partial charge in [-0.15, -0.1) is 0 Å². The minimum atomic E-state index is -3.79. The normalized spacial score (nSPS) is 12.3. The molecule has 0 bridgehead atoms. The van der Waals surface area contributed by atoms with Crippen molar-refractivity contribution < 1.29 is 17.9 Å². The number of carbonyl (C=O) groups excluding carboxylic acids is 1. The summed E-state index contributed by atoms with van der Waals surface area (Å²) in [4.78, 5) is 12.6. The summed E-state index contributed by atoms with van der Waals surface area (Å²) < 4.78 is 33.5. The van der Waals surface area contributed by atoms with Gasteiger partial charge in [-0.25, -0.2) is 8.42 Å². The van der Waals surface area contributed by atoms with E-state index in [1.807, 2.05) is 24.3 Å². The minimum Gasteiger partial charge on any atom is -0.481 e. The number of carbonyl (C=O) groups is 1. The van der Waals surface area contributed by atoms with Crippen LogP contribution in [0.25, 0.3) is 0 Å². The first-order valence-corrected chi connectivity index (χ1v) is 12.0. The van der Waals surface area contributed by atoms with Gasteiger partial charge in [-0.1, -0.05) is 49.7 Å². The van der Waals surface area contributed by atoms with Crippen LogP contribution in [-0.4, -0.2) is 20.4 Å². The summed E-state index contributed by atoms with van der Waals surface area (Å²) in [7, 11) is -3.79. The first-order valence-electron chi connectivity index (χ1n) is 10.1. The van der Waals surface area contributed by atoms with Crippen LogP contribution in [0.2, 0.25) is 5.02 Å². The lowest BCUT2D eigenvalue weighted by atomic mass is 10.0. The molecule has 32 heavy (non-hydrogen) atoms. The van der Waals surface area contributed by atoms with Crippen molar-refractivity contribution in [3.63, 3.8) is 0 Å². The van der Waals surface area contributed by atoms with Gasteiger partial charge in [0.2, 0.25) is 0 Å². The predicted octanol–water partition coefficient (Wildman–Crippen LogP) is 5.67. The molecule has 2 N–H and O–H groups in total. The van der Waals surface area contributed by atoms with Crippen LogP contribution in [0.1, 0.15) is 32.3 Å². The van der Waals surface area contributed by atoms with Crippen LogP contribution in [0.3, 0.4) is 0 Å². The number of halogens is 1. The van der Waals surface area contributed by atoms with Gasteiger partial charge in [0.15, 0.2) is 6.10 Å². The number of nitrogens with one attached hydrogen (secondary N) is 2. The summed E-state index contributed by atoms with van der Waals surface area (Å²) in [6.07, 6.45) is -0.734. The monoisotopic (exact) mass is 472 g/mol. The summed E-state index contributed by atoms with van der Waals surface area (Å²) >= 11 is 5.90. The number of amides is 1. The smallest absolute Gasteiger partial charge is 0.265 e. The quantitative estimate of drug-likeness (QED) is 0.442. The Morgan fingerprint density at radius 1 is 0.906 bits per heavy atom. The van der Waals surface area contributed by atoms with E-state index in [9.17, 15) is 13.2 Å². The van der Waals surface area contributed by atoms with Crippen LogP contribution in [0.15, 0.2) is 77.7 Å². The van der Waals surface area contributed by atoms with Crippen LogP contribution >= 0.6 is 11.6 Å². The van der Waals surface area contributed by atoms with Gasteiger partial charge in [0.25, 0.3) is 15.9 Å². The van der Waals surface area contributed by atoms with E-state index in [0.29, 0.717) is 22.1 Å². The van der Waals surface area contributed by atoms with Crippen molar-refractivity contribution in [1.29, 1.82) is 0 Å². The molecule has 0 aliphatic heterocycles. The molecule has 0 unspecified atom stereocenters. The third-order valence-corrected chi connectivity index (χ3v) is 6.36. The molecule has 0 aliphatic carbocycles. The molecule has 0 heterocycles. The first-order chi connectivity index (χ1) is 15.2. The number of rotatable bonds is 8. The Morgan fingerprint density at radius 2 is 1.59 bits per heavy atom. The number of para-hydroxylation sites is 1. The number of sulfonamides is 1. The zero-order valence-corrected chi connectivity index (χ0v) is 19.6. The SMILES string of the molecule is CC(C)c1ccccc1O[C@@H](C)C(=O)Nc1ccc(S(=O)(=O)Nc2cccc(Cl)c2)cc1. The van der Waals surface area contributed by atoms with Crippen molar-refractivity contribution in [3.05, 3.63) is 83.4 Å². The summed E-state index contributed by atoms with van der Waals surface area (Å²) in [5.74, 6) is 0.589. The lowest BCUT2D eigenvalue weighted by Gasteiger charge is -2.18. The molecule has 168 valence electrons. The number of benzene rings is 3. The van der Waals surface area contributed by atoms with Crippen molar-refractivity contribution in [2.75, 3.05) is 10.0 Å². The maximum Gasteiger partial charge on any atom is 0.265 e. The second-order valence-electron chi connectivity index (χ2n) is 7.58. The van der Waals surface area contributed by atoms with E-state index in [-0.39, 0.29) is 16.7 Å². The van der Waals surface area contributed by atoms with Gasteiger partial charge in [0.05, 0.1) is 10.6 Å². The Hall–Kier alpha value is -3.03. The molecule has 0 fully saturated rings. The van der Waals surface area contributed by atoms with E-state index < -0.39 is 16.1 Å². The largest absolute Gasteiger partial charge is 0.481 e. The van der Waals surface area contributed by atoms with Crippen molar-refractivity contribution in [2.45, 2.75) is 37.7 Å². The van der Waals surface area contributed by atoms with Gasteiger partial charge >= 0.3 is 0 Å². The zero-order valence-electron chi connectivity index (χ0n) is 18.0. The fourth-order valence-electron chi connectivity index (χ4n) is 3.04. The Kier molecular flexibility index (Phi) is 7.43. The average Bonchev–Trinajstić information content (AvgIpc) is 2.74. The number of ether oxygens (including phenoxy) is 1. The lowest BCUT2D eigenvalue weighted by molar-refractivity contribution is -0.122. The molecule has 0 saturated heterocycles. The van der Waals surface area contributed by atoms with E-state index in [2.05, 4.69) is 23.9 Å². The van der Waals surface area contributed by atoms with Crippen LogP contribution in [0, 0.1) is 0 Å². The molecule has 0 saturated carbocycles. The molecule has 8 heteroatoms. The first kappa shape index (κ1) is 23.6. The molecule has 0 aliphatic rings. The highest BCUT2D eigenvalue weighted by Crippen LogP contribution is 2.27. The van der Waals surface area contributed by atoms with Gasteiger partial charge in [-0.05, 0) is 66.9 Å². The van der Waals surface area contributed by atoms with E-state index >= 15 is 0 Å². The zero-order chi connectivity index (χ0) is 23.3. The molecule has 3 aromatic rings. The fourth-order valence-corrected chi connectivity index (χ4v) is 4.28. The molecule has 1 amide bonds. The molecular formula is C24H25ClN2O4S. The standard InChI is InChI=1S/C24H25ClN2O4S/c1-16(2)22-9-4-5-10-23(22)31-17(3)24(28)26-19-11-13-21(14-12-19)32(29,30)27-20-8-6-7-18(25)15-20/h4-17,27H,1-3H3,(H,26,28)/t17-/m0/s1. The molecule has 6 nitrogen and oxygen atoms in total. The Balaban J connectivity index is 1.65. The van der Waals surface area contributed by atoms with E-state index in [0.717, 1.165) is 5.56 Å². The van der Waals surface area contributed by atoms with Gasteiger partial charge in [0.1, 0.15) is 5.75 Å². The summed E-state index contributed by atoms with van der Waals surface area (Å²) in [6.45, 7) is 5.79. The van der Waals surface area contributed by atoms with Gasteiger partial charge in [-0.3, -0.25) is 9.52 Å². The fraction of sp³-hybridized carbons (Fsp3) is 0.208. The van der Waals surface area contributed by atoms with Crippen molar-refractivity contribution >= 4 is 38.9 Å². The van der Waals surface area contributed by atoms with Crippen LogP contribution in [-0.2, 0) is 14.8 Å².